The van der Waals surface area contributed by atoms with Crippen LogP contribution < -0.4 is 21.0 Å². The van der Waals surface area contributed by atoms with E-state index in [1.165, 1.54) is 16.7 Å². The zero-order chi connectivity index (χ0) is 40.2. The van der Waals surface area contributed by atoms with Gasteiger partial charge in [0.05, 0.1) is 21.7 Å². The Labute approximate surface area is 348 Å². The average molecular weight is 828 g/mol. The molecule has 0 aliphatic rings. The van der Waals surface area contributed by atoms with Crippen LogP contribution in [0.4, 0.5) is 0 Å². The first-order chi connectivity index (χ1) is 27.6. The van der Waals surface area contributed by atoms with E-state index in [9.17, 15) is 14.4 Å². The van der Waals surface area contributed by atoms with Crippen molar-refractivity contribution in [3.63, 3.8) is 0 Å². The van der Waals surface area contributed by atoms with Gasteiger partial charge < -0.3 is 4.74 Å². The molecule has 0 amide bonds. The molecule has 0 spiro atoms. The van der Waals surface area contributed by atoms with E-state index in [1.54, 1.807) is 40.1 Å². The van der Waals surface area contributed by atoms with E-state index in [1.807, 2.05) is 84.9 Å². The lowest BCUT2D eigenvalue weighted by atomic mass is 10.0. The van der Waals surface area contributed by atoms with Crippen LogP contribution in [0.1, 0.15) is 63.6 Å². The van der Waals surface area contributed by atoms with Crippen LogP contribution in [0.25, 0.3) is 60.5 Å². The van der Waals surface area contributed by atoms with E-state index in [4.69, 9.17) is 16.3 Å². The van der Waals surface area contributed by atoms with Gasteiger partial charge in [0.25, 0.3) is 0 Å². The van der Waals surface area contributed by atoms with Gasteiger partial charge in [0.2, 0.25) is 0 Å². The topological polar surface area (TPSA) is 60.4 Å². The Bertz CT molecular complexity index is 3110. The highest BCUT2D eigenvalue weighted by atomic mass is 35.5. The molecule has 3 heterocycles. The van der Waals surface area contributed by atoms with E-state index in [2.05, 4.69) is 58.9 Å². The molecule has 0 radical (unpaired) electrons. The van der Waals surface area contributed by atoms with Crippen molar-refractivity contribution in [2.75, 3.05) is 6.61 Å². The number of aryl methyl sites for hydroxylation is 2. The summed E-state index contributed by atoms with van der Waals surface area (Å²) in [7, 11) is 0. The van der Waals surface area contributed by atoms with Crippen molar-refractivity contribution in [1.82, 2.24) is 0 Å². The van der Waals surface area contributed by atoms with Crippen LogP contribution >= 0.6 is 45.6 Å². The van der Waals surface area contributed by atoms with E-state index >= 15 is 0 Å². The van der Waals surface area contributed by atoms with Gasteiger partial charge in [-0.3, -0.25) is 14.4 Å². The lowest BCUT2D eigenvalue weighted by Crippen LogP contribution is -2.03. The minimum absolute atomic E-state index is 0.0266. The largest absolute Gasteiger partial charge is 0.492 e. The third kappa shape index (κ3) is 8.26. The Morgan fingerprint density at radius 2 is 1.12 bits per heavy atom. The summed E-state index contributed by atoms with van der Waals surface area (Å²) in [5, 5.41) is 5.16. The van der Waals surface area contributed by atoms with Crippen molar-refractivity contribution in [1.29, 1.82) is 0 Å². The Morgan fingerprint density at radius 3 is 1.72 bits per heavy atom. The van der Waals surface area contributed by atoms with Crippen molar-refractivity contribution in [2.45, 2.75) is 59.8 Å². The highest BCUT2D eigenvalue weighted by Gasteiger charge is 2.14. The number of hydrogen-bond acceptors (Lipinski definition) is 7. The Morgan fingerprint density at radius 1 is 0.561 bits per heavy atom. The van der Waals surface area contributed by atoms with E-state index < -0.39 is 0 Å². The number of benzene rings is 6. The SMILES string of the molecule is CC(C)c1ccc2sc3ccccc3c(=O)c2c1.CCCOc1ccc(Cl)c2c(=O)c3ccccc3sc12.CCc1cc(CC)c2sc3ccccc3c(=O)c2c1. The lowest BCUT2D eigenvalue weighted by molar-refractivity contribution is 0.321. The second kappa shape index (κ2) is 17.7. The second-order valence-corrected chi connectivity index (χ2v) is 17.7. The van der Waals surface area contributed by atoms with Crippen molar-refractivity contribution >= 4 is 106 Å². The number of ether oxygens (including phenoxy) is 1. The molecule has 9 aromatic rings. The predicted octanol–water partition coefficient (Wildman–Crippen LogP) is 13.9. The molecule has 9 rings (SSSR count). The molecular formula is C49H43ClO4S3. The fourth-order valence-electron chi connectivity index (χ4n) is 6.86. The molecule has 0 saturated carbocycles. The molecule has 0 saturated heterocycles. The summed E-state index contributed by atoms with van der Waals surface area (Å²) in [5.41, 5.74) is 4.07. The van der Waals surface area contributed by atoms with Gasteiger partial charge in [-0.25, -0.2) is 0 Å². The average Bonchev–Trinajstić information content (AvgIpc) is 3.24. The first-order valence-corrected chi connectivity index (χ1v) is 22.2. The maximum atomic E-state index is 12.6. The molecular weight excluding hydrogens is 784 g/mol. The third-order valence-electron chi connectivity index (χ3n) is 9.97. The number of hydrogen-bond donors (Lipinski definition) is 0. The first kappa shape index (κ1) is 40.3. The summed E-state index contributed by atoms with van der Waals surface area (Å²) in [5.74, 6) is 1.18. The Kier molecular flexibility index (Phi) is 12.5. The van der Waals surface area contributed by atoms with Crippen molar-refractivity contribution < 1.29 is 4.74 Å². The maximum absolute atomic E-state index is 12.6. The Hall–Kier alpha value is -4.92. The lowest BCUT2D eigenvalue weighted by Gasteiger charge is -2.09. The van der Waals surface area contributed by atoms with Gasteiger partial charge in [0, 0.05) is 50.4 Å². The van der Waals surface area contributed by atoms with Gasteiger partial charge in [-0.05, 0) is 109 Å². The summed E-state index contributed by atoms with van der Waals surface area (Å²) < 4.78 is 11.9. The van der Waals surface area contributed by atoms with Crippen molar-refractivity contribution in [3.05, 3.63) is 168 Å². The molecule has 0 aliphatic heterocycles. The van der Waals surface area contributed by atoms with Gasteiger partial charge in [0.1, 0.15) is 5.75 Å². The monoisotopic (exact) mass is 826 g/mol. The first-order valence-electron chi connectivity index (χ1n) is 19.3. The molecule has 6 aromatic carbocycles. The maximum Gasteiger partial charge on any atom is 0.197 e. The number of rotatable bonds is 6. The van der Waals surface area contributed by atoms with E-state index in [-0.39, 0.29) is 16.3 Å². The van der Waals surface area contributed by atoms with Gasteiger partial charge in [0.15, 0.2) is 16.3 Å². The zero-order valence-corrected chi connectivity index (χ0v) is 35.8. The molecule has 288 valence electrons. The van der Waals surface area contributed by atoms with Crippen LogP contribution in [0, 0.1) is 0 Å². The molecule has 0 atom stereocenters. The molecule has 0 fully saturated rings. The van der Waals surface area contributed by atoms with Crippen LogP contribution in [-0.2, 0) is 12.8 Å². The fraction of sp³-hybridized carbons (Fsp3) is 0.204. The fourth-order valence-corrected chi connectivity index (χ4v) is 10.6. The van der Waals surface area contributed by atoms with Crippen LogP contribution in [-0.4, -0.2) is 6.61 Å². The van der Waals surface area contributed by atoms with Gasteiger partial charge in [-0.2, -0.15) is 0 Å². The highest BCUT2D eigenvalue weighted by molar-refractivity contribution is 7.25. The summed E-state index contributed by atoms with van der Waals surface area (Å²) in [6, 6.07) is 37.4. The Balaban J connectivity index is 0.000000131. The minimum Gasteiger partial charge on any atom is -0.492 e. The number of fused-ring (bicyclic) bond motifs is 6. The molecule has 4 nitrogen and oxygen atoms in total. The standard InChI is InChI=1S/C17H16OS.C16H13ClO2S.C16H14OS/c1-3-11-9-12(4-2)17-14(10-11)16(18)13-7-5-6-8-15(13)19-17;1-2-9-19-12-8-7-11(17)14-15(18)10-5-3-4-6-13(10)20-16(12)14;1-10(2)11-7-8-15-13(9-11)16(17)12-5-3-4-6-14(12)18-15/h5-10H,3-4H2,1-2H3;3-8H,2,9H2,1H3;3-10H,1-2H3. The molecule has 8 heteroatoms. The summed E-state index contributed by atoms with van der Waals surface area (Å²) in [6.07, 6.45) is 2.87. The van der Waals surface area contributed by atoms with Gasteiger partial charge >= 0.3 is 0 Å². The normalized spacial score (nSPS) is 11.3. The highest BCUT2D eigenvalue weighted by Crippen LogP contribution is 2.36. The minimum atomic E-state index is -0.0266. The van der Waals surface area contributed by atoms with E-state index in [0.717, 1.165) is 74.8 Å². The third-order valence-corrected chi connectivity index (χ3v) is 13.9. The zero-order valence-electron chi connectivity index (χ0n) is 32.6. The van der Waals surface area contributed by atoms with Gasteiger partial charge in [-0.15, -0.1) is 34.0 Å². The quantitative estimate of drug-likeness (QED) is 0.157. The van der Waals surface area contributed by atoms with Crippen LogP contribution in [0.5, 0.6) is 5.75 Å². The smallest absolute Gasteiger partial charge is 0.197 e. The van der Waals surface area contributed by atoms with Crippen LogP contribution in [0.15, 0.2) is 130 Å². The van der Waals surface area contributed by atoms with Crippen molar-refractivity contribution in [3.8, 4) is 5.75 Å². The van der Waals surface area contributed by atoms with Crippen molar-refractivity contribution in [2.24, 2.45) is 0 Å². The van der Waals surface area contributed by atoms with E-state index in [0.29, 0.717) is 28.3 Å². The molecule has 57 heavy (non-hydrogen) atoms. The summed E-state index contributed by atoms with van der Waals surface area (Å²) in [6.45, 7) is 11.3. The predicted molar refractivity (Wildman–Crippen MR) is 250 cm³/mol. The summed E-state index contributed by atoms with van der Waals surface area (Å²) in [4.78, 5) is 37.7. The molecule has 0 unspecified atom stereocenters. The second-order valence-electron chi connectivity index (χ2n) is 14.1. The molecule has 3 aromatic heterocycles. The molecule has 0 bridgehead atoms. The van der Waals surface area contributed by atoms with Crippen LogP contribution in [0.3, 0.4) is 0 Å². The van der Waals surface area contributed by atoms with Gasteiger partial charge in [-0.1, -0.05) is 94.8 Å². The van der Waals surface area contributed by atoms with Crippen LogP contribution in [0.2, 0.25) is 5.02 Å². The molecule has 0 N–H and O–H groups in total. The summed E-state index contributed by atoms with van der Waals surface area (Å²) >= 11 is 11.2. The number of halogens is 1. The molecule has 0 aliphatic carbocycles.